The Morgan fingerprint density at radius 2 is 2.11 bits per heavy atom. The summed E-state index contributed by atoms with van der Waals surface area (Å²) in [4.78, 5) is 11.7. The maximum Gasteiger partial charge on any atom is 0.251 e. The van der Waals surface area contributed by atoms with Crippen LogP contribution in [0.3, 0.4) is 0 Å². The molecule has 0 aliphatic carbocycles. The fourth-order valence-electron chi connectivity index (χ4n) is 2.02. The molecule has 2 rings (SSSR count). The molecule has 0 radical (unpaired) electrons. The lowest BCUT2D eigenvalue weighted by molar-refractivity contribution is 0.0956. The highest BCUT2D eigenvalue weighted by atomic mass is 16.1. The van der Waals surface area contributed by atoms with E-state index in [1.165, 1.54) is 0 Å². The predicted octanol–water partition coefficient (Wildman–Crippen LogP) is 1.82. The van der Waals surface area contributed by atoms with Crippen LogP contribution in [-0.4, -0.2) is 22.2 Å². The predicted molar refractivity (Wildman–Crippen MR) is 75.5 cm³/mol. The topological polar surface area (TPSA) is 72.9 Å². The van der Waals surface area contributed by atoms with Crippen LogP contribution in [0.2, 0.25) is 0 Å². The quantitative estimate of drug-likeness (QED) is 0.825. The first-order chi connectivity index (χ1) is 9.02. The van der Waals surface area contributed by atoms with E-state index in [4.69, 9.17) is 5.73 Å². The van der Waals surface area contributed by atoms with E-state index >= 15 is 0 Å². The molecule has 5 nitrogen and oxygen atoms in total. The third-order valence-corrected chi connectivity index (χ3v) is 2.86. The maximum atomic E-state index is 11.7. The zero-order valence-electron chi connectivity index (χ0n) is 11.4. The molecule has 0 spiro atoms. The van der Waals surface area contributed by atoms with E-state index in [9.17, 15) is 4.79 Å². The lowest BCUT2D eigenvalue weighted by Gasteiger charge is -2.10. The summed E-state index contributed by atoms with van der Waals surface area (Å²) < 4.78 is 1.78. The number of nitrogens with zero attached hydrogens (tertiary/aromatic N) is 2. The Balaban J connectivity index is 2.40. The number of hydrogen-bond acceptors (Lipinski definition) is 3. The molecule has 0 saturated heterocycles. The number of amides is 1. The third-order valence-electron chi connectivity index (χ3n) is 2.86. The monoisotopic (exact) mass is 258 g/mol. The second kappa shape index (κ2) is 5.14. The van der Waals surface area contributed by atoms with Gasteiger partial charge < -0.3 is 11.1 Å². The molecule has 0 unspecified atom stereocenters. The summed E-state index contributed by atoms with van der Waals surface area (Å²) in [7, 11) is 0. The third kappa shape index (κ3) is 2.59. The highest BCUT2D eigenvalue weighted by Gasteiger charge is 2.10. The number of nitrogens with one attached hydrogen (secondary N) is 1. The van der Waals surface area contributed by atoms with Crippen molar-refractivity contribution in [2.24, 2.45) is 0 Å². The van der Waals surface area contributed by atoms with Crippen LogP contribution in [-0.2, 0) is 0 Å². The number of carbonyl (C=O) groups excluding carboxylic acids is 1. The van der Waals surface area contributed by atoms with Gasteiger partial charge in [-0.05, 0) is 45.0 Å². The van der Waals surface area contributed by atoms with Crippen molar-refractivity contribution in [3.63, 3.8) is 0 Å². The van der Waals surface area contributed by atoms with E-state index in [1.54, 1.807) is 16.8 Å². The van der Waals surface area contributed by atoms with Crippen LogP contribution < -0.4 is 11.1 Å². The number of aryl methyl sites for hydroxylation is 2. The van der Waals surface area contributed by atoms with Gasteiger partial charge in [0.25, 0.3) is 5.91 Å². The molecule has 19 heavy (non-hydrogen) atoms. The molecule has 0 aliphatic heterocycles. The van der Waals surface area contributed by atoms with Gasteiger partial charge in [0, 0.05) is 17.8 Å². The van der Waals surface area contributed by atoms with Gasteiger partial charge >= 0.3 is 0 Å². The molecule has 5 heteroatoms. The highest BCUT2D eigenvalue weighted by Crippen LogP contribution is 2.20. The molecule has 1 aromatic heterocycles. The lowest BCUT2D eigenvalue weighted by atomic mass is 10.1. The van der Waals surface area contributed by atoms with Gasteiger partial charge in [-0.2, -0.15) is 5.10 Å². The zero-order chi connectivity index (χ0) is 14.0. The van der Waals surface area contributed by atoms with Gasteiger partial charge in [-0.15, -0.1) is 0 Å². The van der Waals surface area contributed by atoms with Crippen LogP contribution in [0.5, 0.6) is 0 Å². The van der Waals surface area contributed by atoms with Gasteiger partial charge in [-0.25, -0.2) is 4.68 Å². The number of anilines is 1. The first-order valence-corrected chi connectivity index (χ1v) is 6.24. The first-order valence-electron chi connectivity index (χ1n) is 6.24. The van der Waals surface area contributed by atoms with Crippen molar-refractivity contribution in [3.8, 4) is 5.69 Å². The van der Waals surface area contributed by atoms with Crippen LogP contribution in [0.15, 0.2) is 24.3 Å². The molecular weight excluding hydrogens is 240 g/mol. The molecule has 100 valence electrons. The van der Waals surface area contributed by atoms with Crippen molar-refractivity contribution >= 4 is 11.6 Å². The lowest BCUT2D eigenvalue weighted by Crippen LogP contribution is -2.22. The molecule has 0 saturated carbocycles. The van der Waals surface area contributed by atoms with Crippen molar-refractivity contribution in [1.29, 1.82) is 0 Å². The van der Waals surface area contributed by atoms with Crippen LogP contribution in [0.25, 0.3) is 5.69 Å². The van der Waals surface area contributed by atoms with E-state index in [1.807, 2.05) is 32.9 Å². The molecule has 0 fully saturated rings. The summed E-state index contributed by atoms with van der Waals surface area (Å²) in [5.41, 5.74) is 9.86. The largest absolute Gasteiger partial charge is 0.397 e. The van der Waals surface area contributed by atoms with E-state index < -0.39 is 0 Å². The molecule has 3 N–H and O–H groups in total. The molecule has 1 aromatic carbocycles. The SMILES string of the molecule is CCNC(=O)c1ccc(-n2nc(C)cc2C)c(N)c1. The average molecular weight is 258 g/mol. The molecule has 1 amide bonds. The van der Waals surface area contributed by atoms with Gasteiger partial charge in [-0.3, -0.25) is 4.79 Å². The number of hydrogen-bond donors (Lipinski definition) is 2. The van der Waals surface area contributed by atoms with E-state index in [0.717, 1.165) is 17.1 Å². The second-order valence-corrected chi connectivity index (χ2v) is 4.47. The number of nitrogens with two attached hydrogens (primary N) is 1. The first kappa shape index (κ1) is 13.1. The summed E-state index contributed by atoms with van der Waals surface area (Å²) in [6.07, 6.45) is 0. The minimum absolute atomic E-state index is 0.117. The Labute approximate surface area is 112 Å². The summed E-state index contributed by atoms with van der Waals surface area (Å²) in [5, 5.41) is 7.14. The zero-order valence-corrected chi connectivity index (χ0v) is 11.4. The Bertz CT molecular complexity index is 616. The molecule has 1 heterocycles. The number of carbonyl (C=O) groups is 1. The molecule has 0 atom stereocenters. The summed E-state index contributed by atoms with van der Waals surface area (Å²) in [5.74, 6) is -0.117. The van der Waals surface area contributed by atoms with Crippen molar-refractivity contribution in [3.05, 3.63) is 41.2 Å². The van der Waals surface area contributed by atoms with Crippen LogP contribution in [0.1, 0.15) is 28.7 Å². The molecular formula is C14H18N4O. The van der Waals surface area contributed by atoms with Crippen molar-refractivity contribution in [1.82, 2.24) is 15.1 Å². The number of rotatable bonds is 3. The number of benzene rings is 1. The smallest absolute Gasteiger partial charge is 0.251 e. The number of aromatic nitrogens is 2. The highest BCUT2D eigenvalue weighted by molar-refractivity contribution is 5.95. The maximum absolute atomic E-state index is 11.7. The van der Waals surface area contributed by atoms with E-state index in [0.29, 0.717) is 17.8 Å². The molecule has 0 bridgehead atoms. The second-order valence-electron chi connectivity index (χ2n) is 4.47. The van der Waals surface area contributed by atoms with Crippen molar-refractivity contribution in [2.75, 3.05) is 12.3 Å². The van der Waals surface area contributed by atoms with Crippen LogP contribution >= 0.6 is 0 Å². The Kier molecular flexibility index (Phi) is 3.55. The summed E-state index contributed by atoms with van der Waals surface area (Å²) >= 11 is 0. The fourth-order valence-corrected chi connectivity index (χ4v) is 2.02. The number of nitrogen functional groups attached to an aromatic ring is 1. The summed E-state index contributed by atoms with van der Waals surface area (Å²) in [6, 6.07) is 7.24. The van der Waals surface area contributed by atoms with Gasteiger partial charge in [-0.1, -0.05) is 0 Å². The molecule has 2 aromatic rings. The van der Waals surface area contributed by atoms with E-state index in [2.05, 4.69) is 10.4 Å². The van der Waals surface area contributed by atoms with Crippen molar-refractivity contribution in [2.45, 2.75) is 20.8 Å². The van der Waals surface area contributed by atoms with Crippen LogP contribution in [0, 0.1) is 13.8 Å². The average Bonchev–Trinajstić information content (AvgIpc) is 2.68. The minimum Gasteiger partial charge on any atom is -0.397 e. The van der Waals surface area contributed by atoms with Crippen molar-refractivity contribution < 1.29 is 4.79 Å². The summed E-state index contributed by atoms with van der Waals surface area (Å²) in [6.45, 7) is 6.38. The van der Waals surface area contributed by atoms with Gasteiger partial charge in [0.05, 0.1) is 17.1 Å². The standard InChI is InChI=1S/C14H18N4O/c1-4-16-14(19)11-5-6-13(12(15)8-11)18-10(3)7-9(2)17-18/h5-8H,4,15H2,1-3H3,(H,16,19). The minimum atomic E-state index is -0.117. The van der Waals surface area contributed by atoms with Gasteiger partial charge in [0.2, 0.25) is 0 Å². The fraction of sp³-hybridized carbons (Fsp3) is 0.286. The Hall–Kier alpha value is -2.30. The normalized spacial score (nSPS) is 10.5. The molecule has 0 aliphatic rings. The van der Waals surface area contributed by atoms with Crippen LogP contribution in [0.4, 0.5) is 5.69 Å². The van der Waals surface area contributed by atoms with Gasteiger partial charge in [0.15, 0.2) is 0 Å². The van der Waals surface area contributed by atoms with Gasteiger partial charge in [0.1, 0.15) is 0 Å². The Morgan fingerprint density at radius 1 is 1.37 bits per heavy atom. The Morgan fingerprint density at radius 3 is 2.63 bits per heavy atom. The van der Waals surface area contributed by atoms with E-state index in [-0.39, 0.29) is 5.91 Å².